The summed E-state index contributed by atoms with van der Waals surface area (Å²) in [7, 11) is 0. The number of halogens is 3. The fourth-order valence-corrected chi connectivity index (χ4v) is 0.165. The van der Waals surface area contributed by atoms with Crippen LogP contribution in [0.2, 0.25) is 0 Å². The fourth-order valence-electron chi connectivity index (χ4n) is 0.165. The average Bonchev–Trinajstić information content (AvgIpc) is 2.06. The third-order valence-corrected chi connectivity index (χ3v) is 1.60. The number of hydrogen-bond acceptors (Lipinski definition) is 4. The second-order valence-corrected chi connectivity index (χ2v) is 2.97. The van der Waals surface area contributed by atoms with Crippen molar-refractivity contribution in [3.63, 3.8) is 0 Å². The van der Waals surface area contributed by atoms with Crippen molar-refractivity contribution in [2.24, 2.45) is 0 Å². The van der Waals surface area contributed by atoms with Crippen LogP contribution in [0.1, 0.15) is 0 Å². The molecule has 0 unspecified atom stereocenters. The van der Waals surface area contributed by atoms with Crippen LogP contribution in [0.3, 0.4) is 0 Å². The van der Waals surface area contributed by atoms with E-state index in [9.17, 15) is 10.1 Å². The van der Waals surface area contributed by atoms with Crippen LogP contribution >= 0.6 is 44.2 Å². The first kappa shape index (κ1) is 14.3. The molecule has 0 aliphatic rings. The van der Waals surface area contributed by atoms with E-state index in [0.29, 0.717) is 0 Å². The monoisotopic (exact) mass is 357 g/mol. The number of nitro groups is 1. The zero-order valence-corrected chi connectivity index (χ0v) is 9.96. The van der Waals surface area contributed by atoms with Crippen LogP contribution in [0.5, 0.6) is 0 Å². The van der Waals surface area contributed by atoms with E-state index in [2.05, 4.69) is 44.2 Å². The molecule has 11 heavy (non-hydrogen) atoms. The number of hydrogen-bond donors (Lipinski definition) is 2. The molecule has 2 N–H and O–H groups in total. The second kappa shape index (κ2) is 7.41. The van der Waals surface area contributed by atoms with Crippen LogP contribution in [0.25, 0.3) is 0 Å². The molecule has 0 amide bonds. The quantitative estimate of drug-likeness (QED) is 0.341. The summed E-state index contributed by atoms with van der Waals surface area (Å²) in [5.74, 6) is 0. The van der Waals surface area contributed by atoms with Crippen molar-refractivity contribution in [1.29, 1.82) is 0 Å². The number of alkyl halides is 1. The van der Waals surface area contributed by atoms with E-state index in [1.165, 1.54) is 0 Å². The molecule has 0 saturated heterocycles. The van der Waals surface area contributed by atoms with Gasteiger partial charge in [-0.25, -0.2) is 0 Å². The third-order valence-electron chi connectivity index (χ3n) is 0.812. The summed E-state index contributed by atoms with van der Waals surface area (Å²) >= 11 is 8.05. The highest BCUT2D eigenvalue weighted by molar-refractivity contribution is 9.93. The van der Waals surface area contributed by atoms with Crippen molar-refractivity contribution in [3.8, 4) is 0 Å². The van der Waals surface area contributed by atoms with Gasteiger partial charge in [-0.15, -0.1) is 0 Å². The molecule has 0 saturated carbocycles. The lowest BCUT2D eigenvalue weighted by Gasteiger charge is -2.11. The fraction of sp³-hybridized carbons (Fsp3) is 1.00. The molecule has 0 rings (SSSR count). The molecule has 0 fully saturated rings. The highest BCUT2D eigenvalue weighted by atomic mass is 80.9. The Labute approximate surface area is 86.9 Å². The number of nitrogens with zero attached hydrogens (tertiary/aromatic N) is 1. The summed E-state index contributed by atoms with van der Waals surface area (Å²) in [4.78, 5) is 9.14. The Morgan fingerprint density at radius 3 is 1.64 bits per heavy atom. The minimum absolute atomic E-state index is 0.726. The maximum atomic E-state index is 9.92. The van der Waals surface area contributed by atoms with Crippen molar-refractivity contribution < 1.29 is 15.1 Å². The minimum Gasteiger partial charge on any atom is -0.388 e. The summed E-state index contributed by atoms with van der Waals surface area (Å²) in [6.07, 6.45) is 0. The van der Waals surface area contributed by atoms with Crippen molar-refractivity contribution in [2.45, 2.75) is 4.45 Å². The van der Waals surface area contributed by atoms with Gasteiger partial charge in [0.1, 0.15) is 13.2 Å². The molecule has 0 aromatic carbocycles. The Morgan fingerprint density at radius 2 is 1.64 bits per heavy atom. The summed E-state index contributed by atoms with van der Waals surface area (Å²) < 4.78 is -1.77. The van der Waals surface area contributed by atoms with Crippen LogP contribution in [-0.4, -0.2) is 32.8 Å². The molecular weight excluding hydrogens is 354 g/mol. The van der Waals surface area contributed by atoms with E-state index in [0.717, 1.165) is 0 Å². The van der Waals surface area contributed by atoms with Crippen molar-refractivity contribution in [3.05, 3.63) is 10.1 Å². The molecule has 0 heterocycles. The summed E-state index contributed by atoms with van der Waals surface area (Å²) in [5, 5.41) is 26.5. The lowest BCUT2D eigenvalue weighted by atomic mass is 10.4. The van der Waals surface area contributed by atoms with Gasteiger partial charge in [0.2, 0.25) is 0 Å². The van der Waals surface area contributed by atoms with Crippen LogP contribution in [0.4, 0.5) is 0 Å². The lowest BCUT2D eigenvalue weighted by Crippen LogP contribution is -2.39. The van der Waals surface area contributed by atoms with Gasteiger partial charge >= 0.3 is 4.45 Å². The Morgan fingerprint density at radius 1 is 1.36 bits per heavy atom. The first-order chi connectivity index (χ1) is 5.06. The van der Waals surface area contributed by atoms with E-state index in [1.807, 2.05) is 0 Å². The molecule has 0 radical (unpaired) electrons. The molecule has 0 aromatic rings. The molecule has 0 aliphatic carbocycles. The highest BCUT2D eigenvalue weighted by Gasteiger charge is 2.38. The predicted octanol–water partition coefficient (Wildman–Crippen LogP) is 1.03. The van der Waals surface area contributed by atoms with Crippen LogP contribution in [0.15, 0.2) is 0 Å². The molecule has 0 bridgehead atoms. The SMILES string of the molecule is BrBr.O=[N+]([O-])C(Br)(CO)CO. The Balaban J connectivity index is 0. The lowest BCUT2D eigenvalue weighted by molar-refractivity contribution is -0.542. The van der Waals surface area contributed by atoms with E-state index >= 15 is 0 Å². The first-order valence-corrected chi connectivity index (χ1v) is 6.77. The number of rotatable bonds is 3. The van der Waals surface area contributed by atoms with Crippen molar-refractivity contribution >= 4 is 44.2 Å². The van der Waals surface area contributed by atoms with Gasteiger partial charge in [0.25, 0.3) is 0 Å². The normalized spacial score (nSPS) is 9.91. The van der Waals surface area contributed by atoms with Gasteiger partial charge in [0.05, 0.1) is 0 Å². The topological polar surface area (TPSA) is 83.6 Å². The summed E-state index contributed by atoms with van der Waals surface area (Å²) in [6.45, 7) is -1.45. The van der Waals surface area contributed by atoms with E-state index in [4.69, 9.17) is 10.2 Å². The molecule has 5 nitrogen and oxygen atoms in total. The third kappa shape index (κ3) is 5.07. The van der Waals surface area contributed by atoms with Crippen molar-refractivity contribution in [1.82, 2.24) is 0 Å². The number of aliphatic hydroxyl groups excluding tert-OH is 2. The van der Waals surface area contributed by atoms with E-state index < -0.39 is 22.6 Å². The van der Waals surface area contributed by atoms with Gasteiger partial charge in [-0.3, -0.25) is 10.1 Å². The van der Waals surface area contributed by atoms with Gasteiger partial charge in [0.15, 0.2) is 0 Å². The largest absolute Gasteiger partial charge is 0.388 e. The Kier molecular flexibility index (Phi) is 9.63. The molecule has 8 heteroatoms. The molecule has 0 aliphatic heterocycles. The van der Waals surface area contributed by atoms with Gasteiger partial charge in [-0.1, -0.05) is 0 Å². The van der Waals surface area contributed by atoms with Crippen LogP contribution < -0.4 is 0 Å². The molecule has 68 valence electrons. The summed E-state index contributed by atoms with van der Waals surface area (Å²) in [5.41, 5.74) is 0. The van der Waals surface area contributed by atoms with Crippen LogP contribution in [0, 0.1) is 10.1 Å². The van der Waals surface area contributed by atoms with Crippen molar-refractivity contribution in [2.75, 3.05) is 13.2 Å². The van der Waals surface area contributed by atoms with Gasteiger partial charge in [-0.2, -0.15) is 0 Å². The van der Waals surface area contributed by atoms with Gasteiger partial charge in [0, 0.05) is 49.1 Å². The maximum absolute atomic E-state index is 9.92. The van der Waals surface area contributed by atoms with E-state index in [1.54, 1.807) is 0 Å². The maximum Gasteiger partial charge on any atom is 0.319 e. The second-order valence-electron chi connectivity index (χ2n) is 1.49. The van der Waals surface area contributed by atoms with Crippen LogP contribution in [-0.2, 0) is 0 Å². The number of aliphatic hydroxyl groups is 2. The average molecular weight is 360 g/mol. The molecule has 0 atom stereocenters. The Bertz CT molecular complexity index is 117. The Hall–Kier alpha value is 0.760. The predicted molar refractivity (Wildman–Crippen MR) is 50.7 cm³/mol. The highest BCUT2D eigenvalue weighted by Crippen LogP contribution is 2.15. The minimum atomic E-state index is -1.77. The van der Waals surface area contributed by atoms with Gasteiger partial charge < -0.3 is 10.2 Å². The standard InChI is InChI=1S/C3H6BrNO4.Br2/c4-3(1-6,2-7)5(8)9;1-2/h6-7H,1-2H2;. The summed E-state index contributed by atoms with van der Waals surface area (Å²) in [6, 6.07) is 0. The molecule has 0 aromatic heterocycles. The zero-order chi connectivity index (χ0) is 9.49. The molecule has 0 spiro atoms. The van der Waals surface area contributed by atoms with E-state index in [-0.39, 0.29) is 0 Å². The smallest absolute Gasteiger partial charge is 0.319 e. The van der Waals surface area contributed by atoms with Gasteiger partial charge in [-0.05, 0) is 0 Å². The first-order valence-electron chi connectivity index (χ1n) is 2.26. The molecular formula is C3H6Br3NO4. The zero-order valence-electron chi connectivity index (χ0n) is 5.21.